The molecular formula is C23H31N. The normalized spacial score (nSPS) is 9.46. The fourth-order valence-electron chi connectivity index (χ4n) is 2.23. The van der Waals surface area contributed by atoms with Crippen molar-refractivity contribution in [2.75, 3.05) is 0 Å². The average molecular weight is 322 g/mol. The molecule has 1 nitrogen and oxygen atoms in total. The minimum absolute atomic E-state index is 1.06. The van der Waals surface area contributed by atoms with E-state index in [0.29, 0.717) is 0 Å². The first kappa shape index (κ1) is 19.9. The lowest BCUT2D eigenvalue weighted by molar-refractivity contribution is 0.656. The number of benzene rings is 2. The second kappa shape index (κ2) is 13.3. The predicted molar refractivity (Wildman–Crippen MR) is 107 cm³/mol. The highest BCUT2D eigenvalue weighted by molar-refractivity contribution is 5.77. The molecule has 1 aromatic heterocycles. The molecule has 3 aromatic rings. The van der Waals surface area contributed by atoms with Crippen LogP contribution in [0.5, 0.6) is 0 Å². The van der Waals surface area contributed by atoms with Gasteiger partial charge in [0.05, 0.1) is 5.52 Å². The molecule has 0 aliphatic heterocycles. The first-order chi connectivity index (χ1) is 11.8. The SMILES string of the molecule is CCCCCCC.Cc1ccccc1.c1ccc2ncccc2c1. The third kappa shape index (κ3) is 9.09. The van der Waals surface area contributed by atoms with Crippen molar-refractivity contribution in [2.24, 2.45) is 0 Å². The topological polar surface area (TPSA) is 12.9 Å². The summed E-state index contributed by atoms with van der Waals surface area (Å²) < 4.78 is 0. The second-order valence-corrected chi connectivity index (χ2v) is 5.91. The van der Waals surface area contributed by atoms with Crippen molar-refractivity contribution in [2.45, 2.75) is 52.9 Å². The third-order valence-corrected chi connectivity index (χ3v) is 3.66. The highest BCUT2D eigenvalue weighted by atomic mass is 14.6. The highest BCUT2D eigenvalue weighted by Crippen LogP contribution is 2.07. The molecule has 0 fully saturated rings. The number of hydrogen-bond acceptors (Lipinski definition) is 1. The van der Waals surface area contributed by atoms with Gasteiger partial charge in [0, 0.05) is 11.6 Å². The van der Waals surface area contributed by atoms with Crippen LogP contribution in [0.25, 0.3) is 10.9 Å². The molecule has 0 N–H and O–H groups in total. The molecule has 0 unspecified atom stereocenters. The first-order valence-corrected chi connectivity index (χ1v) is 9.09. The molecule has 0 aliphatic carbocycles. The van der Waals surface area contributed by atoms with E-state index in [4.69, 9.17) is 0 Å². The number of nitrogens with zero attached hydrogens (tertiary/aromatic N) is 1. The van der Waals surface area contributed by atoms with E-state index < -0.39 is 0 Å². The third-order valence-electron chi connectivity index (χ3n) is 3.66. The lowest BCUT2D eigenvalue weighted by Crippen LogP contribution is -1.73. The summed E-state index contributed by atoms with van der Waals surface area (Å²) in [7, 11) is 0. The Balaban J connectivity index is 0.000000186. The maximum absolute atomic E-state index is 4.18. The summed E-state index contributed by atoms with van der Waals surface area (Å²) in [6, 6.07) is 22.3. The van der Waals surface area contributed by atoms with Crippen molar-refractivity contribution in [3.05, 3.63) is 78.5 Å². The van der Waals surface area contributed by atoms with Crippen LogP contribution in [0.1, 0.15) is 51.5 Å². The molecule has 0 amide bonds. The molecule has 0 saturated heterocycles. The average Bonchev–Trinajstić information content (AvgIpc) is 2.64. The quantitative estimate of drug-likeness (QED) is 0.463. The van der Waals surface area contributed by atoms with Gasteiger partial charge in [0.1, 0.15) is 0 Å². The van der Waals surface area contributed by atoms with Gasteiger partial charge < -0.3 is 0 Å². The lowest BCUT2D eigenvalue weighted by atomic mass is 10.2. The van der Waals surface area contributed by atoms with Crippen molar-refractivity contribution in [1.82, 2.24) is 4.98 Å². The monoisotopic (exact) mass is 321 g/mol. The Morgan fingerprint density at radius 1 is 0.667 bits per heavy atom. The molecule has 0 radical (unpaired) electrons. The van der Waals surface area contributed by atoms with Crippen LogP contribution >= 0.6 is 0 Å². The number of pyridine rings is 1. The standard InChI is InChI=1S/C9H7N.C7H8.C7H16/c1-2-6-9-8(4-1)5-3-7-10-9;1-7-5-3-2-4-6-7;1-3-5-7-6-4-2/h1-7H;2-6H,1H3;3-7H2,1-2H3. The molecule has 24 heavy (non-hydrogen) atoms. The molecule has 0 aliphatic rings. The molecule has 1 heterocycles. The zero-order valence-electron chi connectivity index (χ0n) is 15.4. The summed E-state index contributed by atoms with van der Waals surface area (Å²) in [5.74, 6) is 0. The van der Waals surface area contributed by atoms with Crippen LogP contribution in [-0.4, -0.2) is 4.98 Å². The van der Waals surface area contributed by atoms with Gasteiger partial charge in [-0.1, -0.05) is 106 Å². The van der Waals surface area contributed by atoms with Gasteiger partial charge >= 0.3 is 0 Å². The van der Waals surface area contributed by atoms with E-state index in [0.717, 1.165) is 5.52 Å². The lowest BCUT2D eigenvalue weighted by Gasteiger charge is -1.91. The molecule has 0 atom stereocenters. The smallest absolute Gasteiger partial charge is 0.0701 e. The Kier molecular flexibility index (Phi) is 11.0. The minimum atomic E-state index is 1.06. The summed E-state index contributed by atoms with van der Waals surface area (Å²) in [5.41, 5.74) is 2.38. The van der Waals surface area contributed by atoms with E-state index in [-0.39, 0.29) is 0 Å². The number of aryl methyl sites for hydroxylation is 1. The largest absolute Gasteiger partial charge is 0.256 e. The maximum atomic E-state index is 4.18. The van der Waals surface area contributed by atoms with Crippen molar-refractivity contribution in [1.29, 1.82) is 0 Å². The zero-order valence-corrected chi connectivity index (χ0v) is 15.4. The van der Waals surface area contributed by atoms with Crippen LogP contribution in [0.15, 0.2) is 72.9 Å². The second-order valence-electron chi connectivity index (χ2n) is 5.91. The van der Waals surface area contributed by atoms with E-state index in [9.17, 15) is 0 Å². The number of unbranched alkanes of at least 4 members (excludes halogenated alkanes) is 4. The van der Waals surface area contributed by atoms with Crippen molar-refractivity contribution in [3.8, 4) is 0 Å². The van der Waals surface area contributed by atoms with Gasteiger partial charge in [0.2, 0.25) is 0 Å². The fraction of sp³-hybridized carbons (Fsp3) is 0.348. The van der Waals surface area contributed by atoms with E-state index in [1.54, 1.807) is 0 Å². The first-order valence-electron chi connectivity index (χ1n) is 9.09. The van der Waals surface area contributed by atoms with E-state index in [2.05, 4.69) is 50.0 Å². The molecule has 0 saturated carbocycles. The summed E-state index contributed by atoms with van der Waals surface area (Å²) in [4.78, 5) is 4.18. The van der Waals surface area contributed by atoms with Crippen molar-refractivity contribution < 1.29 is 0 Å². The molecule has 0 bridgehead atoms. The van der Waals surface area contributed by atoms with E-state index in [1.165, 1.54) is 43.1 Å². The zero-order chi connectivity index (χ0) is 17.5. The molecule has 1 heteroatoms. The Hall–Kier alpha value is -2.15. The van der Waals surface area contributed by atoms with Crippen molar-refractivity contribution in [3.63, 3.8) is 0 Å². The van der Waals surface area contributed by atoms with Crippen molar-refractivity contribution >= 4 is 10.9 Å². The van der Waals surface area contributed by atoms with Crippen LogP contribution in [0, 0.1) is 6.92 Å². The Bertz CT molecular complexity index is 577. The Labute approximate surface area is 147 Å². The number of rotatable bonds is 4. The van der Waals surface area contributed by atoms with E-state index >= 15 is 0 Å². The molecule has 2 aromatic carbocycles. The molecule has 3 rings (SSSR count). The van der Waals surface area contributed by atoms with Crippen LogP contribution in [0.4, 0.5) is 0 Å². The fourth-order valence-corrected chi connectivity index (χ4v) is 2.23. The van der Waals surface area contributed by atoms with Crippen LogP contribution in [0.2, 0.25) is 0 Å². The summed E-state index contributed by atoms with van der Waals surface area (Å²) >= 11 is 0. The molecular weight excluding hydrogens is 290 g/mol. The van der Waals surface area contributed by atoms with Gasteiger partial charge in [0.15, 0.2) is 0 Å². The van der Waals surface area contributed by atoms with Crippen LogP contribution < -0.4 is 0 Å². The number of aromatic nitrogens is 1. The van der Waals surface area contributed by atoms with Gasteiger partial charge in [-0.05, 0) is 19.1 Å². The van der Waals surface area contributed by atoms with Gasteiger partial charge in [0.25, 0.3) is 0 Å². The summed E-state index contributed by atoms with van der Waals surface area (Å²) in [6.07, 6.45) is 8.82. The van der Waals surface area contributed by atoms with Crippen LogP contribution in [-0.2, 0) is 0 Å². The molecule has 0 spiro atoms. The number of fused-ring (bicyclic) bond motifs is 1. The Morgan fingerprint density at radius 3 is 1.79 bits per heavy atom. The van der Waals surface area contributed by atoms with Gasteiger partial charge in [-0.3, -0.25) is 4.98 Å². The highest BCUT2D eigenvalue weighted by Gasteiger charge is 1.86. The van der Waals surface area contributed by atoms with Gasteiger partial charge in [-0.25, -0.2) is 0 Å². The Morgan fingerprint density at radius 2 is 1.25 bits per heavy atom. The molecule has 128 valence electrons. The maximum Gasteiger partial charge on any atom is 0.0701 e. The summed E-state index contributed by atoms with van der Waals surface area (Å²) in [6.45, 7) is 6.57. The van der Waals surface area contributed by atoms with Gasteiger partial charge in [-0.15, -0.1) is 0 Å². The predicted octanol–water partition coefficient (Wildman–Crippen LogP) is 7.21. The van der Waals surface area contributed by atoms with E-state index in [1.807, 2.05) is 48.7 Å². The number of hydrogen-bond donors (Lipinski definition) is 0. The summed E-state index contributed by atoms with van der Waals surface area (Å²) in [5, 5.41) is 1.20. The minimum Gasteiger partial charge on any atom is -0.256 e. The van der Waals surface area contributed by atoms with Crippen LogP contribution in [0.3, 0.4) is 0 Å². The van der Waals surface area contributed by atoms with Gasteiger partial charge in [-0.2, -0.15) is 0 Å². The number of para-hydroxylation sites is 1.